The average Bonchev–Trinajstić information content (AvgIpc) is 3.92. The van der Waals surface area contributed by atoms with Crippen LogP contribution in [-0.2, 0) is 14.3 Å². The van der Waals surface area contributed by atoms with Crippen LogP contribution in [0.2, 0.25) is 0 Å². The smallest absolute Gasteiger partial charge is 0.318 e. The molecule has 2 aliphatic rings. The van der Waals surface area contributed by atoms with Crippen LogP contribution in [0.15, 0.2) is 121 Å². The molecular formula is C36H32O4. The zero-order chi connectivity index (χ0) is 28.1. The van der Waals surface area contributed by atoms with E-state index in [1.165, 1.54) is 0 Å². The van der Waals surface area contributed by atoms with E-state index >= 15 is 0 Å². The van der Waals surface area contributed by atoms with E-state index in [9.17, 15) is 14.7 Å². The highest BCUT2D eigenvalue weighted by Gasteiger charge is 2.45. The molecule has 4 heteroatoms. The number of esters is 1. The van der Waals surface area contributed by atoms with Crippen LogP contribution in [0.3, 0.4) is 0 Å². The zero-order valence-corrected chi connectivity index (χ0v) is 22.7. The summed E-state index contributed by atoms with van der Waals surface area (Å²) in [6, 6.07) is 39.6. The van der Waals surface area contributed by atoms with Crippen LogP contribution in [0.4, 0.5) is 0 Å². The lowest BCUT2D eigenvalue weighted by atomic mass is 10.1. The number of hydrogen-bond donors (Lipinski definition) is 1. The third-order valence-electron chi connectivity index (χ3n) is 7.28. The SMILES string of the molecule is CCC(C)OC(=O)C1C(c2ccccc2)=C1c1ccccc1.O=C(O)C1C(c2ccccc2)=C1c1ccccc1. The summed E-state index contributed by atoms with van der Waals surface area (Å²) in [6.45, 7) is 3.96. The van der Waals surface area contributed by atoms with E-state index in [0.29, 0.717) is 0 Å². The fourth-order valence-corrected chi connectivity index (χ4v) is 5.04. The van der Waals surface area contributed by atoms with Crippen LogP contribution in [0.5, 0.6) is 0 Å². The van der Waals surface area contributed by atoms with Gasteiger partial charge in [0.15, 0.2) is 0 Å². The second-order valence-electron chi connectivity index (χ2n) is 9.98. The number of carbonyl (C=O) groups is 2. The second-order valence-corrected chi connectivity index (χ2v) is 9.98. The van der Waals surface area contributed by atoms with Gasteiger partial charge in [-0.25, -0.2) is 0 Å². The minimum atomic E-state index is -0.771. The molecule has 0 spiro atoms. The molecule has 4 aromatic carbocycles. The lowest BCUT2D eigenvalue weighted by Gasteiger charge is -2.11. The van der Waals surface area contributed by atoms with Gasteiger partial charge in [0.05, 0.1) is 6.10 Å². The van der Waals surface area contributed by atoms with Gasteiger partial charge < -0.3 is 9.84 Å². The molecule has 4 nitrogen and oxygen atoms in total. The Morgan fingerprint density at radius 1 is 0.600 bits per heavy atom. The molecule has 0 heterocycles. The Labute approximate surface area is 235 Å². The first-order chi connectivity index (χ1) is 19.5. The third kappa shape index (κ3) is 5.81. The van der Waals surface area contributed by atoms with Crippen LogP contribution >= 0.6 is 0 Å². The first-order valence-electron chi connectivity index (χ1n) is 13.6. The summed E-state index contributed by atoms with van der Waals surface area (Å²) in [6.07, 6.45) is 0.793. The van der Waals surface area contributed by atoms with Crippen molar-refractivity contribution in [1.82, 2.24) is 0 Å². The predicted octanol–water partition coefficient (Wildman–Crippen LogP) is 7.88. The van der Waals surface area contributed by atoms with Crippen molar-refractivity contribution in [2.24, 2.45) is 11.8 Å². The highest BCUT2D eigenvalue weighted by Crippen LogP contribution is 2.54. The van der Waals surface area contributed by atoms with Gasteiger partial charge in [0.2, 0.25) is 0 Å². The van der Waals surface area contributed by atoms with Crippen LogP contribution in [0.25, 0.3) is 22.3 Å². The topological polar surface area (TPSA) is 63.6 Å². The van der Waals surface area contributed by atoms with Gasteiger partial charge in [-0.2, -0.15) is 0 Å². The Bertz CT molecular complexity index is 1440. The van der Waals surface area contributed by atoms with Gasteiger partial charge >= 0.3 is 11.9 Å². The molecule has 0 saturated heterocycles. The van der Waals surface area contributed by atoms with Gasteiger partial charge in [0.25, 0.3) is 0 Å². The summed E-state index contributed by atoms with van der Waals surface area (Å²) in [4.78, 5) is 23.8. The van der Waals surface area contributed by atoms with Gasteiger partial charge in [-0.3, -0.25) is 9.59 Å². The third-order valence-corrected chi connectivity index (χ3v) is 7.28. The fourth-order valence-electron chi connectivity index (χ4n) is 5.04. The van der Waals surface area contributed by atoms with Gasteiger partial charge in [-0.1, -0.05) is 128 Å². The Morgan fingerprint density at radius 2 is 0.900 bits per heavy atom. The van der Waals surface area contributed by atoms with Gasteiger partial charge in [0.1, 0.15) is 11.8 Å². The number of carboxylic acids is 1. The predicted molar refractivity (Wildman–Crippen MR) is 160 cm³/mol. The van der Waals surface area contributed by atoms with Crippen molar-refractivity contribution in [2.75, 3.05) is 0 Å². The van der Waals surface area contributed by atoms with Gasteiger partial charge in [-0.05, 0) is 57.9 Å². The van der Waals surface area contributed by atoms with E-state index in [1.54, 1.807) is 0 Å². The molecule has 0 bridgehead atoms. The molecule has 0 amide bonds. The summed E-state index contributed by atoms with van der Waals surface area (Å²) in [5, 5.41) is 9.28. The second kappa shape index (κ2) is 12.0. The zero-order valence-electron chi connectivity index (χ0n) is 22.7. The molecule has 0 fully saturated rings. The van der Waals surface area contributed by atoms with E-state index in [2.05, 4.69) is 24.3 Å². The van der Waals surface area contributed by atoms with Gasteiger partial charge in [-0.15, -0.1) is 0 Å². The number of carbonyl (C=O) groups excluding carboxylic acids is 1. The largest absolute Gasteiger partial charge is 0.481 e. The quantitative estimate of drug-likeness (QED) is 0.236. The molecule has 0 saturated carbocycles. The van der Waals surface area contributed by atoms with Crippen molar-refractivity contribution >= 4 is 34.2 Å². The molecule has 2 aliphatic carbocycles. The molecule has 1 atom stereocenters. The van der Waals surface area contributed by atoms with Crippen LogP contribution in [-0.4, -0.2) is 23.1 Å². The van der Waals surface area contributed by atoms with E-state index in [4.69, 9.17) is 4.74 Å². The first kappa shape index (κ1) is 26.9. The number of ether oxygens (including phenoxy) is 1. The maximum absolute atomic E-state index is 12.5. The van der Waals surface area contributed by atoms with Crippen molar-refractivity contribution in [3.8, 4) is 0 Å². The van der Waals surface area contributed by atoms with E-state index < -0.39 is 11.9 Å². The minimum Gasteiger partial charge on any atom is -0.481 e. The maximum atomic E-state index is 12.5. The van der Waals surface area contributed by atoms with Crippen LogP contribution in [0.1, 0.15) is 42.5 Å². The Kier molecular flexibility index (Phi) is 8.07. The lowest BCUT2D eigenvalue weighted by Crippen LogP contribution is -2.17. The highest BCUT2D eigenvalue weighted by atomic mass is 16.5. The van der Waals surface area contributed by atoms with Crippen LogP contribution in [0, 0.1) is 11.8 Å². The van der Waals surface area contributed by atoms with E-state index in [0.717, 1.165) is 51.0 Å². The summed E-state index contributed by atoms with van der Waals surface area (Å²) in [7, 11) is 0. The first-order valence-corrected chi connectivity index (χ1v) is 13.6. The Balaban J connectivity index is 0.000000164. The average molecular weight is 529 g/mol. The summed E-state index contributed by atoms with van der Waals surface area (Å²) in [5.41, 5.74) is 8.29. The summed E-state index contributed by atoms with van der Waals surface area (Å²) < 4.78 is 5.55. The molecule has 1 unspecified atom stereocenters. The Morgan fingerprint density at radius 3 is 1.18 bits per heavy atom. The van der Waals surface area contributed by atoms with Crippen LogP contribution < -0.4 is 0 Å². The molecule has 0 aromatic heterocycles. The molecule has 6 rings (SSSR count). The molecule has 200 valence electrons. The number of carboxylic acid groups (broad SMARTS) is 1. The standard InChI is InChI=1S/C20H20O2.C16H12O2/c1-3-14(2)22-20(21)19-17(15-10-6-4-7-11-15)18(19)16-12-8-5-9-13-16;17-16(18)15-13(11-7-3-1-4-8-11)14(15)12-9-5-2-6-10-12/h4-14,19H,3H2,1-2H3;1-10,15H,(H,17,18). The highest BCUT2D eigenvalue weighted by molar-refractivity contribution is 6.22. The van der Waals surface area contributed by atoms with E-state index in [-0.39, 0.29) is 18.0 Å². The summed E-state index contributed by atoms with van der Waals surface area (Å²) in [5.74, 6) is -1.58. The molecule has 4 aromatic rings. The molecule has 40 heavy (non-hydrogen) atoms. The fraction of sp³-hybridized carbons (Fsp3) is 0.167. The maximum Gasteiger partial charge on any atom is 0.318 e. The molecule has 0 aliphatic heterocycles. The van der Waals surface area contributed by atoms with Crippen molar-refractivity contribution < 1.29 is 19.4 Å². The molecule has 0 radical (unpaired) electrons. The Hall–Kier alpha value is -4.70. The number of benzene rings is 4. The van der Waals surface area contributed by atoms with E-state index in [1.807, 2.05) is 111 Å². The van der Waals surface area contributed by atoms with Crippen molar-refractivity contribution in [3.63, 3.8) is 0 Å². The number of hydrogen-bond acceptors (Lipinski definition) is 3. The monoisotopic (exact) mass is 528 g/mol. The summed E-state index contributed by atoms with van der Waals surface area (Å²) >= 11 is 0. The number of aliphatic carboxylic acids is 1. The van der Waals surface area contributed by atoms with Crippen molar-refractivity contribution in [3.05, 3.63) is 144 Å². The van der Waals surface area contributed by atoms with Gasteiger partial charge in [0, 0.05) is 0 Å². The normalized spacial score (nSPS) is 15.2. The molecular weight excluding hydrogens is 496 g/mol. The number of rotatable bonds is 8. The lowest BCUT2D eigenvalue weighted by molar-refractivity contribution is -0.148. The van der Waals surface area contributed by atoms with Crippen molar-refractivity contribution in [1.29, 1.82) is 0 Å². The minimum absolute atomic E-state index is 0.0397. The van der Waals surface area contributed by atoms with Crippen molar-refractivity contribution in [2.45, 2.75) is 26.4 Å². The molecule has 1 N–H and O–H groups in total.